The van der Waals surface area contributed by atoms with Crippen molar-refractivity contribution in [1.82, 2.24) is 4.98 Å². The molecule has 2 N–H and O–H groups in total. The zero-order chi connectivity index (χ0) is 20.1. The van der Waals surface area contributed by atoms with Gasteiger partial charge in [0.25, 0.3) is 0 Å². The van der Waals surface area contributed by atoms with Gasteiger partial charge in [-0.25, -0.2) is 4.98 Å². The lowest BCUT2D eigenvalue weighted by molar-refractivity contribution is -0.116. The molecule has 4 rings (SSSR count). The van der Waals surface area contributed by atoms with Gasteiger partial charge in [0, 0.05) is 17.0 Å². The molecule has 0 bridgehead atoms. The van der Waals surface area contributed by atoms with Crippen molar-refractivity contribution in [3.63, 3.8) is 0 Å². The molecule has 4 nitrogen and oxygen atoms in total. The van der Waals surface area contributed by atoms with E-state index in [0.717, 1.165) is 27.4 Å². The Hall–Kier alpha value is -2.83. The topological polar surface area (TPSA) is 62.2 Å². The fraction of sp³-hybridized carbons (Fsp3) is 0.130. The van der Waals surface area contributed by atoms with Crippen LogP contribution in [0.2, 0.25) is 0 Å². The van der Waals surface area contributed by atoms with E-state index in [4.69, 9.17) is 0 Å². The van der Waals surface area contributed by atoms with Crippen LogP contribution in [0.5, 0.6) is 5.75 Å². The maximum Gasteiger partial charge on any atom is 0.224 e. The largest absolute Gasteiger partial charge is 0.507 e. The van der Waals surface area contributed by atoms with Gasteiger partial charge in [-0.05, 0) is 54.6 Å². The van der Waals surface area contributed by atoms with Gasteiger partial charge >= 0.3 is 0 Å². The van der Waals surface area contributed by atoms with Crippen molar-refractivity contribution in [1.29, 1.82) is 0 Å². The van der Waals surface area contributed by atoms with Crippen LogP contribution in [0.1, 0.15) is 12.8 Å². The maximum absolute atomic E-state index is 12.3. The molecule has 0 aliphatic rings. The summed E-state index contributed by atoms with van der Waals surface area (Å²) in [5, 5.41) is 13.9. The van der Waals surface area contributed by atoms with E-state index in [1.165, 1.54) is 16.2 Å². The molecule has 29 heavy (non-hydrogen) atoms. The molecule has 3 aromatic carbocycles. The summed E-state index contributed by atoms with van der Waals surface area (Å²) in [6.45, 7) is 0. The lowest BCUT2D eigenvalue weighted by Crippen LogP contribution is -2.11. The Morgan fingerprint density at radius 1 is 1.03 bits per heavy atom. The van der Waals surface area contributed by atoms with Crippen molar-refractivity contribution in [2.75, 3.05) is 11.1 Å². The van der Waals surface area contributed by atoms with Crippen molar-refractivity contribution >= 4 is 44.9 Å². The molecule has 1 aromatic heterocycles. The number of carbonyl (C=O) groups excluding carboxylic acids is 1. The van der Waals surface area contributed by atoms with Gasteiger partial charge in [-0.1, -0.05) is 30.3 Å². The molecular weight excluding hydrogens is 400 g/mol. The molecule has 0 fully saturated rings. The molecule has 0 atom stereocenters. The normalized spacial score (nSPS) is 10.9. The van der Waals surface area contributed by atoms with Crippen LogP contribution in [0, 0.1) is 0 Å². The summed E-state index contributed by atoms with van der Waals surface area (Å²) in [6, 6.07) is 23.1. The summed E-state index contributed by atoms with van der Waals surface area (Å²) in [5.74, 6) is 1.02. The Bertz CT molecular complexity index is 1090. The number of phenolic OH excluding ortho intramolecular Hbond substituents is 1. The van der Waals surface area contributed by atoms with E-state index in [2.05, 4.69) is 22.4 Å². The van der Waals surface area contributed by atoms with Crippen LogP contribution in [0.3, 0.4) is 0 Å². The fourth-order valence-electron chi connectivity index (χ4n) is 2.94. The molecule has 146 valence electrons. The molecule has 4 aromatic rings. The number of hydrogen-bond donors (Lipinski definition) is 2. The summed E-state index contributed by atoms with van der Waals surface area (Å²) in [5.41, 5.74) is 2.19. The van der Waals surface area contributed by atoms with E-state index in [0.29, 0.717) is 17.7 Å². The van der Waals surface area contributed by atoms with Gasteiger partial charge in [-0.3, -0.25) is 4.79 Å². The molecule has 0 aliphatic heterocycles. The predicted molar refractivity (Wildman–Crippen MR) is 122 cm³/mol. The van der Waals surface area contributed by atoms with Gasteiger partial charge in [-0.2, -0.15) is 0 Å². The Kier molecular flexibility index (Phi) is 6.12. The zero-order valence-corrected chi connectivity index (χ0v) is 17.3. The molecule has 1 heterocycles. The first-order valence-corrected chi connectivity index (χ1v) is 11.2. The highest BCUT2D eigenvalue weighted by Gasteiger charge is 2.12. The number of fused-ring (bicyclic) bond motifs is 1. The van der Waals surface area contributed by atoms with Crippen molar-refractivity contribution < 1.29 is 9.90 Å². The first-order valence-electron chi connectivity index (χ1n) is 9.36. The van der Waals surface area contributed by atoms with Crippen LogP contribution in [-0.4, -0.2) is 21.8 Å². The molecule has 0 aliphatic carbocycles. The van der Waals surface area contributed by atoms with E-state index >= 15 is 0 Å². The number of para-hydroxylation sites is 1. The maximum atomic E-state index is 12.3. The third-order valence-corrected chi connectivity index (χ3v) is 6.53. The van der Waals surface area contributed by atoms with Crippen LogP contribution in [-0.2, 0) is 4.79 Å². The van der Waals surface area contributed by atoms with E-state index in [9.17, 15) is 9.90 Å². The number of thiazole rings is 1. The van der Waals surface area contributed by atoms with E-state index in [-0.39, 0.29) is 11.7 Å². The van der Waals surface area contributed by atoms with Crippen molar-refractivity contribution in [3.05, 3.63) is 72.8 Å². The number of thioether (sulfide) groups is 1. The molecule has 0 unspecified atom stereocenters. The lowest BCUT2D eigenvalue weighted by Gasteiger charge is -2.08. The summed E-state index contributed by atoms with van der Waals surface area (Å²) in [6.07, 6.45) is 1.26. The Labute approximate surface area is 177 Å². The minimum atomic E-state index is -0.0281. The van der Waals surface area contributed by atoms with Gasteiger partial charge < -0.3 is 10.4 Å². The summed E-state index contributed by atoms with van der Waals surface area (Å²) in [7, 11) is 0. The second-order valence-corrected chi connectivity index (χ2v) is 8.73. The number of anilines is 1. The van der Waals surface area contributed by atoms with Crippen LogP contribution in [0.4, 0.5) is 5.69 Å². The molecule has 0 radical (unpaired) electrons. The number of amides is 1. The predicted octanol–water partition coefficient (Wildman–Crippen LogP) is 6.18. The number of phenols is 1. The second-order valence-electron chi connectivity index (χ2n) is 6.53. The minimum absolute atomic E-state index is 0.0281. The number of benzene rings is 3. The minimum Gasteiger partial charge on any atom is -0.507 e. The summed E-state index contributed by atoms with van der Waals surface area (Å²) in [4.78, 5) is 18.1. The molecule has 6 heteroatoms. The van der Waals surface area contributed by atoms with Crippen LogP contribution < -0.4 is 5.32 Å². The van der Waals surface area contributed by atoms with E-state index in [1.54, 1.807) is 30.0 Å². The van der Waals surface area contributed by atoms with Gasteiger partial charge in [-0.15, -0.1) is 23.1 Å². The van der Waals surface area contributed by atoms with Crippen molar-refractivity contribution in [2.45, 2.75) is 17.7 Å². The van der Waals surface area contributed by atoms with E-state index in [1.807, 2.05) is 42.5 Å². The number of carbonyl (C=O) groups is 1. The Morgan fingerprint density at radius 3 is 2.66 bits per heavy atom. The van der Waals surface area contributed by atoms with Crippen LogP contribution in [0.15, 0.2) is 77.7 Å². The van der Waals surface area contributed by atoms with Crippen molar-refractivity contribution in [2.24, 2.45) is 0 Å². The highest BCUT2D eigenvalue weighted by molar-refractivity contribution is 7.99. The standard InChI is InChI=1S/C23H20N2O2S2/c26-20-13-12-16(15-18(20)23-25-19-9-4-5-10-21(19)29-23)24-22(27)11-6-14-28-17-7-2-1-3-8-17/h1-5,7-10,12-13,15,26H,6,11,14H2,(H,24,27). The molecule has 0 saturated heterocycles. The second kappa shape index (κ2) is 9.11. The van der Waals surface area contributed by atoms with Gasteiger partial charge in [0.05, 0.1) is 15.8 Å². The summed E-state index contributed by atoms with van der Waals surface area (Å²) < 4.78 is 1.06. The lowest BCUT2D eigenvalue weighted by atomic mass is 10.1. The number of aromatic nitrogens is 1. The molecular formula is C23H20N2O2S2. The highest BCUT2D eigenvalue weighted by Crippen LogP contribution is 2.36. The fourth-order valence-corrected chi connectivity index (χ4v) is 4.80. The SMILES string of the molecule is O=C(CCCSc1ccccc1)Nc1ccc(O)c(-c2nc3ccccc3s2)c1. The molecule has 0 spiro atoms. The Balaban J connectivity index is 1.37. The molecule has 1 amide bonds. The average Bonchev–Trinajstić information content (AvgIpc) is 3.17. The zero-order valence-electron chi connectivity index (χ0n) is 15.7. The summed E-state index contributed by atoms with van der Waals surface area (Å²) >= 11 is 3.27. The van der Waals surface area contributed by atoms with Crippen LogP contribution >= 0.6 is 23.1 Å². The van der Waals surface area contributed by atoms with E-state index < -0.39 is 0 Å². The van der Waals surface area contributed by atoms with Gasteiger partial charge in [0.2, 0.25) is 5.91 Å². The van der Waals surface area contributed by atoms with Crippen LogP contribution in [0.25, 0.3) is 20.8 Å². The first kappa shape index (κ1) is 19.5. The third kappa shape index (κ3) is 4.96. The molecule has 0 saturated carbocycles. The average molecular weight is 421 g/mol. The quantitative estimate of drug-likeness (QED) is 0.213. The number of aromatic hydroxyl groups is 1. The number of nitrogens with one attached hydrogen (secondary N) is 1. The number of hydrogen-bond acceptors (Lipinski definition) is 5. The van der Waals surface area contributed by atoms with Gasteiger partial charge in [0.1, 0.15) is 10.8 Å². The highest BCUT2D eigenvalue weighted by atomic mass is 32.2. The number of nitrogens with zero attached hydrogens (tertiary/aromatic N) is 1. The third-order valence-electron chi connectivity index (χ3n) is 4.36. The van der Waals surface area contributed by atoms with Gasteiger partial charge in [0.15, 0.2) is 0 Å². The first-order chi connectivity index (χ1) is 14.2. The monoisotopic (exact) mass is 420 g/mol. The number of rotatable bonds is 7. The van der Waals surface area contributed by atoms with Crippen molar-refractivity contribution in [3.8, 4) is 16.3 Å². The smallest absolute Gasteiger partial charge is 0.224 e. The Morgan fingerprint density at radius 2 is 1.83 bits per heavy atom.